The Hall–Kier alpha value is -0.120. The third kappa shape index (κ3) is 3.25. The maximum Gasteiger partial charge on any atom is 0.0990 e. The normalized spacial score (nSPS) is 40.5. The van der Waals surface area contributed by atoms with E-state index in [2.05, 4.69) is 26.1 Å². The van der Waals surface area contributed by atoms with Crippen LogP contribution >= 0.6 is 0 Å². The fraction of sp³-hybridized carbons (Fsp3) is 1.00. The number of ether oxygens (including phenoxy) is 2. The Morgan fingerprint density at radius 1 is 1.11 bits per heavy atom. The van der Waals surface area contributed by atoms with Gasteiger partial charge in [-0.1, -0.05) is 26.7 Å². The van der Waals surface area contributed by atoms with E-state index in [0.717, 1.165) is 25.5 Å². The van der Waals surface area contributed by atoms with Crippen LogP contribution in [0.15, 0.2) is 0 Å². The van der Waals surface area contributed by atoms with E-state index >= 15 is 0 Å². The molecule has 0 aromatic carbocycles. The molecule has 0 spiro atoms. The average molecular weight is 255 g/mol. The smallest absolute Gasteiger partial charge is 0.0990 e. The highest BCUT2D eigenvalue weighted by Crippen LogP contribution is 2.33. The Bertz CT molecular complexity index is 247. The van der Waals surface area contributed by atoms with Gasteiger partial charge >= 0.3 is 0 Å². The summed E-state index contributed by atoms with van der Waals surface area (Å²) in [7, 11) is 0. The number of likely N-dealkylation sites (N-methyl/N-ethyl adjacent to an activating group) is 1. The summed E-state index contributed by atoms with van der Waals surface area (Å²) in [6, 6.07) is 0.499. The van der Waals surface area contributed by atoms with Crippen molar-refractivity contribution in [2.45, 2.75) is 77.2 Å². The highest BCUT2D eigenvalue weighted by molar-refractivity contribution is 4.98. The topological polar surface area (TPSA) is 30.5 Å². The first-order valence-corrected chi connectivity index (χ1v) is 7.76. The van der Waals surface area contributed by atoms with Crippen LogP contribution in [0.2, 0.25) is 0 Å². The van der Waals surface area contributed by atoms with E-state index in [0.29, 0.717) is 18.2 Å². The van der Waals surface area contributed by atoms with Gasteiger partial charge in [-0.3, -0.25) is 0 Å². The quantitative estimate of drug-likeness (QED) is 0.791. The van der Waals surface area contributed by atoms with Crippen LogP contribution in [0.5, 0.6) is 0 Å². The SMILES string of the molecule is CCNC1CC(OC2CCCCC2C)C1OCC. The van der Waals surface area contributed by atoms with Crippen LogP contribution in [0.3, 0.4) is 0 Å². The lowest BCUT2D eigenvalue weighted by Crippen LogP contribution is -2.61. The molecule has 5 atom stereocenters. The van der Waals surface area contributed by atoms with Crippen molar-refractivity contribution in [1.29, 1.82) is 0 Å². The predicted molar refractivity (Wildman–Crippen MR) is 73.8 cm³/mol. The molecule has 106 valence electrons. The van der Waals surface area contributed by atoms with Gasteiger partial charge in [0.1, 0.15) is 0 Å². The molecule has 0 radical (unpaired) electrons. The van der Waals surface area contributed by atoms with E-state index < -0.39 is 0 Å². The fourth-order valence-corrected chi connectivity index (χ4v) is 3.30. The van der Waals surface area contributed by atoms with Gasteiger partial charge in [-0.05, 0) is 38.6 Å². The molecule has 2 aliphatic rings. The molecule has 0 bridgehead atoms. The molecule has 1 N–H and O–H groups in total. The first-order chi connectivity index (χ1) is 8.76. The molecule has 3 nitrogen and oxygen atoms in total. The van der Waals surface area contributed by atoms with Crippen LogP contribution in [0, 0.1) is 5.92 Å². The summed E-state index contributed by atoms with van der Waals surface area (Å²) in [5.41, 5.74) is 0. The molecule has 2 aliphatic carbocycles. The van der Waals surface area contributed by atoms with Crippen molar-refractivity contribution in [2.24, 2.45) is 5.92 Å². The van der Waals surface area contributed by atoms with Crippen LogP contribution in [-0.4, -0.2) is 37.5 Å². The monoisotopic (exact) mass is 255 g/mol. The first-order valence-electron chi connectivity index (χ1n) is 7.76. The molecule has 0 amide bonds. The molecule has 0 heterocycles. The third-order valence-electron chi connectivity index (χ3n) is 4.46. The van der Waals surface area contributed by atoms with Gasteiger partial charge in [0.25, 0.3) is 0 Å². The number of hydrogen-bond donors (Lipinski definition) is 1. The van der Waals surface area contributed by atoms with Crippen LogP contribution < -0.4 is 5.32 Å². The summed E-state index contributed by atoms with van der Waals surface area (Å²) in [6.45, 7) is 8.36. The second kappa shape index (κ2) is 6.88. The van der Waals surface area contributed by atoms with Crippen molar-refractivity contribution in [2.75, 3.05) is 13.2 Å². The van der Waals surface area contributed by atoms with E-state index in [1.165, 1.54) is 25.7 Å². The van der Waals surface area contributed by atoms with Gasteiger partial charge in [-0.15, -0.1) is 0 Å². The van der Waals surface area contributed by atoms with Gasteiger partial charge in [0.15, 0.2) is 0 Å². The fourth-order valence-electron chi connectivity index (χ4n) is 3.30. The van der Waals surface area contributed by atoms with E-state index in [1.54, 1.807) is 0 Å². The first kappa shape index (κ1) is 14.3. The molecule has 0 saturated heterocycles. The Morgan fingerprint density at radius 2 is 1.89 bits per heavy atom. The number of rotatable bonds is 6. The minimum absolute atomic E-state index is 0.268. The number of hydrogen-bond acceptors (Lipinski definition) is 3. The van der Waals surface area contributed by atoms with Crippen molar-refractivity contribution in [3.63, 3.8) is 0 Å². The standard InChI is InChI=1S/C15H29NO2/c1-4-16-12-10-14(15(12)17-5-2)18-13-9-7-6-8-11(13)3/h11-16H,4-10H2,1-3H3. The Kier molecular flexibility index (Phi) is 5.46. The van der Waals surface area contributed by atoms with Gasteiger partial charge in [-0.25, -0.2) is 0 Å². The Morgan fingerprint density at radius 3 is 2.56 bits per heavy atom. The van der Waals surface area contributed by atoms with Crippen molar-refractivity contribution < 1.29 is 9.47 Å². The lowest BCUT2D eigenvalue weighted by atomic mass is 9.83. The molecule has 2 saturated carbocycles. The Labute approximate surface area is 112 Å². The zero-order valence-corrected chi connectivity index (χ0v) is 12.2. The Balaban J connectivity index is 1.81. The van der Waals surface area contributed by atoms with Crippen molar-refractivity contribution >= 4 is 0 Å². The van der Waals surface area contributed by atoms with Crippen molar-refractivity contribution in [3.8, 4) is 0 Å². The van der Waals surface area contributed by atoms with Gasteiger partial charge < -0.3 is 14.8 Å². The maximum absolute atomic E-state index is 6.32. The molecule has 2 rings (SSSR count). The van der Waals surface area contributed by atoms with Crippen LogP contribution in [0.1, 0.15) is 52.9 Å². The lowest BCUT2D eigenvalue weighted by Gasteiger charge is -2.46. The highest BCUT2D eigenvalue weighted by atomic mass is 16.6. The summed E-state index contributed by atoms with van der Waals surface area (Å²) in [6.07, 6.45) is 7.44. The highest BCUT2D eigenvalue weighted by Gasteiger charge is 2.43. The summed E-state index contributed by atoms with van der Waals surface area (Å²) in [5, 5.41) is 3.49. The van der Waals surface area contributed by atoms with E-state index in [9.17, 15) is 0 Å². The largest absolute Gasteiger partial charge is 0.374 e. The van der Waals surface area contributed by atoms with E-state index in [4.69, 9.17) is 9.47 Å². The van der Waals surface area contributed by atoms with Crippen LogP contribution in [0.25, 0.3) is 0 Å². The lowest BCUT2D eigenvalue weighted by molar-refractivity contribution is -0.179. The van der Waals surface area contributed by atoms with Crippen LogP contribution in [-0.2, 0) is 9.47 Å². The summed E-state index contributed by atoms with van der Waals surface area (Å²) in [5.74, 6) is 0.721. The zero-order valence-electron chi connectivity index (χ0n) is 12.2. The summed E-state index contributed by atoms with van der Waals surface area (Å²) < 4.78 is 12.2. The molecule has 3 heteroatoms. The second-order valence-electron chi connectivity index (χ2n) is 5.79. The molecule has 0 aromatic rings. The van der Waals surface area contributed by atoms with Gasteiger partial charge in [0.2, 0.25) is 0 Å². The van der Waals surface area contributed by atoms with Crippen LogP contribution in [0.4, 0.5) is 0 Å². The number of nitrogens with one attached hydrogen (secondary N) is 1. The van der Waals surface area contributed by atoms with Crippen molar-refractivity contribution in [3.05, 3.63) is 0 Å². The summed E-state index contributed by atoms with van der Waals surface area (Å²) >= 11 is 0. The van der Waals surface area contributed by atoms with Gasteiger partial charge in [0.05, 0.1) is 18.3 Å². The van der Waals surface area contributed by atoms with E-state index in [1.807, 2.05) is 0 Å². The van der Waals surface area contributed by atoms with E-state index in [-0.39, 0.29) is 6.10 Å². The van der Waals surface area contributed by atoms with Gasteiger partial charge in [0, 0.05) is 12.6 Å². The maximum atomic E-state index is 6.32. The summed E-state index contributed by atoms with van der Waals surface area (Å²) in [4.78, 5) is 0. The second-order valence-corrected chi connectivity index (χ2v) is 5.79. The average Bonchev–Trinajstić information content (AvgIpc) is 2.37. The molecule has 0 aromatic heterocycles. The van der Waals surface area contributed by atoms with Crippen molar-refractivity contribution in [1.82, 2.24) is 5.32 Å². The molecule has 2 fully saturated rings. The predicted octanol–water partition coefficient (Wildman–Crippen LogP) is 2.74. The van der Waals surface area contributed by atoms with Gasteiger partial charge in [-0.2, -0.15) is 0 Å². The molecule has 18 heavy (non-hydrogen) atoms. The minimum atomic E-state index is 0.268. The molecular weight excluding hydrogens is 226 g/mol. The molecule has 0 aliphatic heterocycles. The zero-order chi connectivity index (χ0) is 13.0. The third-order valence-corrected chi connectivity index (χ3v) is 4.46. The molecular formula is C15H29NO2. The minimum Gasteiger partial charge on any atom is -0.374 e. The molecule has 5 unspecified atom stereocenters.